The molecule has 1 fully saturated rings. The third kappa shape index (κ3) is 5.91. The smallest absolute Gasteiger partial charge is 0.410 e. The van der Waals surface area contributed by atoms with Gasteiger partial charge in [0.2, 0.25) is 0 Å². The first-order valence-electron chi connectivity index (χ1n) is 9.59. The highest BCUT2D eigenvalue weighted by molar-refractivity contribution is 5.87. The molecule has 1 aliphatic heterocycles. The number of amides is 1. The summed E-state index contributed by atoms with van der Waals surface area (Å²) in [5, 5.41) is 8.12. The molecule has 0 N–H and O–H groups in total. The van der Waals surface area contributed by atoms with E-state index < -0.39 is 11.6 Å². The van der Waals surface area contributed by atoms with Crippen LogP contribution < -0.4 is 4.90 Å². The summed E-state index contributed by atoms with van der Waals surface area (Å²) in [5.41, 5.74) is 0.551. The molecular weight excluding hydrogens is 372 g/mol. The van der Waals surface area contributed by atoms with E-state index in [4.69, 9.17) is 9.47 Å². The Labute approximate surface area is 170 Å². The molecule has 0 aliphatic carbocycles. The normalized spacial score (nSPS) is 14.4. The average Bonchev–Trinajstić information content (AvgIpc) is 2.72. The van der Waals surface area contributed by atoms with Gasteiger partial charge in [-0.05, 0) is 38.5 Å². The Hall–Kier alpha value is -3.16. The molecule has 1 aliphatic rings. The number of carbonyl (C=O) groups is 2. The van der Waals surface area contributed by atoms with Crippen molar-refractivity contribution in [3.05, 3.63) is 53.7 Å². The van der Waals surface area contributed by atoms with Gasteiger partial charge in [-0.25, -0.2) is 9.59 Å². The van der Waals surface area contributed by atoms with Gasteiger partial charge in [0.15, 0.2) is 11.5 Å². The van der Waals surface area contributed by atoms with Crippen LogP contribution in [0, 0.1) is 0 Å². The number of rotatable bonds is 4. The molecule has 1 aromatic carbocycles. The summed E-state index contributed by atoms with van der Waals surface area (Å²) in [6.07, 6.45) is -0.320. The van der Waals surface area contributed by atoms with Crippen LogP contribution >= 0.6 is 0 Å². The lowest BCUT2D eigenvalue weighted by Crippen LogP contribution is -2.49. The lowest BCUT2D eigenvalue weighted by Gasteiger charge is -2.34. The van der Waals surface area contributed by atoms with Gasteiger partial charge in [-0.3, -0.25) is 0 Å². The summed E-state index contributed by atoms with van der Waals surface area (Å²) in [4.78, 5) is 28.0. The van der Waals surface area contributed by atoms with Crippen molar-refractivity contribution in [2.45, 2.75) is 33.0 Å². The van der Waals surface area contributed by atoms with Crippen LogP contribution in [-0.4, -0.2) is 58.9 Å². The molecule has 0 saturated carbocycles. The second-order valence-electron chi connectivity index (χ2n) is 7.79. The standard InChI is InChI=1S/C21H26N4O4/c1-21(2,3)29-19(26)17-9-10-18(23-22-17)24-11-13-25(14-12-24)20(27)28-15-16-7-5-4-6-8-16/h4-10H,11-15H2,1-3H3. The minimum Gasteiger partial charge on any atom is -0.455 e. The minimum atomic E-state index is -0.580. The van der Waals surface area contributed by atoms with Gasteiger partial charge in [-0.2, -0.15) is 0 Å². The Kier molecular flexibility index (Phi) is 6.31. The Morgan fingerprint density at radius 1 is 0.966 bits per heavy atom. The maximum atomic E-state index is 12.3. The number of anilines is 1. The highest BCUT2D eigenvalue weighted by atomic mass is 16.6. The number of carbonyl (C=O) groups excluding carboxylic acids is 2. The van der Waals surface area contributed by atoms with Gasteiger partial charge in [0.1, 0.15) is 12.2 Å². The van der Waals surface area contributed by atoms with E-state index in [-0.39, 0.29) is 18.4 Å². The highest BCUT2D eigenvalue weighted by Gasteiger charge is 2.24. The molecule has 2 heterocycles. The topological polar surface area (TPSA) is 84.9 Å². The lowest BCUT2D eigenvalue weighted by atomic mass is 10.2. The third-order valence-electron chi connectivity index (χ3n) is 4.33. The quantitative estimate of drug-likeness (QED) is 0.732. The monoisotopic (exact) mass is 398 g/mol. The molecule has 154 valence electrons. The summed E-state index contributed by atoms with van der Waals surface area (Å²) in [6.45, 7) is 7.96. The SMILES string of the molecule is CC(C)(C)OC(=O)c1ccc(N2CCN(C(=O)OCc3ccccc3)CC2)nn1. The van der Waals surface area contributed by atoms with E-state index in [1.165, 1.54) is 0 Å². The van der Waals surface area contributed by atoms with E-state index in [2.05, 4.69) is 10.2 Å². The van der Waals surface area contributed by atoms with Gasteiger partial charge in [-0.1, -0.05) is 30.3 Å². The van der Waals surface area contributed by atoms with Crippen LogP contribution in [-0.2, 0) is 16.1 Å². The molecule has 1 aromatic heterocycles. The van der Waals surface area contributed by atoms with Crippen LogP contribution in [0.5, 0.6) is 0 Å². The minimum absolute atomic E-state index is 0.173. The Morgan fingerprint density at radius 3 is 2.24 bits per heavy atom. The first-order chi connectivity index (χ1) is 13.8. The molecule has 2 aromatic rings. The molecule has 0 unspecified atom stereocenters. The summed E-state index contributed by atoms with van der Waals surface area (Å²) in [5.74, 6) is 0.164. The predicted octanol–water partition coefficient (Wildman–Crippen LogP) is 2.89. The van der Waals surface area contributed by atoms with Crippen LogP contribution in [0.15, 0.2) is 42.5 Å². The number of benzene rings is 1. The summed E-state index contributed by atoms with van der Waals surface area (Å²) >= 11 is 0. The van der Waals surface area contributed by atoms with Crippen molar-refractivity contribution in [2.24, 2.45) is 0 Å². The van der Waals surface area contributed by atoms with E-state index in [0.29, 0.717) is 32.0 Å². The van der Waals surface area contributed by atoms with Crippen molar-refractivity contribution in [1.29, 1.82) is 0 Å². The Bertz CT molecular complexity index is 826. The molecule has 3 rings (SSSR count). The third-order valence-corrected chi connectivity index (χ3v) is 4.33. The number of hydrogen-bond donors (Lipinski definition) is 0. The molecule has 1 amide bonds. The van der Waals surface area contributed by atoms with Crippen LogP contribution in [0.1, 0.15) is 36.8 Å². The van der Waals surface area contributed by atoms with Crippen LogP contribution in [0.4, 0.5) is 10.6 Å². The molecule has 0 spiro atoms. The summed E-state index contributed by atoms with van der Waals surface area (Å²) < 4.78 is 10.7. The van der Waals surface area contributed by atoms with Gasteiger partial charge >= 0.3 is 12.1 Å². The van der Waals surface area contributed by atoms with Crippen molar-refractivity contribution >= 4 is 17.9 Å². The molecule has 0 bridgehead atoms. The van der Waals surface area contributed by atoms with E-state index in [9.17, 15) is 9.59 Å². The second kappa shape index (κ2) is 8.89. The summed E-state index contributed by atoms with van der Waals surface area (Å²) in [6, 6.07) is 12.9. The number of ether oxygens (including phenoxy) is 2. The lowest BCUT2D eigenvalue weighted by molar-refractivity contribution is 0.00615. The van der Waals surface area contributed by atoms with Gasteiger partial charge < -0.3 is 19.3 Å². The molecule has 0 radical (unpaired) electrons. The van der Waals surface area contributed by atoms with E-state index in [1.807, 2.05) is 35.2 Å². The van der Waals surface area contributed by atoms with E-state index in [0.717, 1.165) is 5.56 Å². The van der Waals surface area contributed by atoms with Crippen LogP contribution in [0.3, 0.4) is 0 Å². The van der Waals surface area contributed by atoms with E-state index >= 15 is 0 Å². The number of esters is 1. The van der Waals surface area contributed by atoms with Gasteiger partial charge in [0.25, 0.3) is 0 Å². The summed E-state index contributed by atoms with van der Waals surface area (Å²) in [7, 11) is 0. The number of nitrogens with zero attached hydrogens (tertiary/aromatic N) is 4. The van der Waals surface area contributed by atoms with Gasteiger partial charge in [-0.15, -0.1) is 10.2 Å². The van der Waals surface area contributed by atoms with Gasteiger partial charge in [0, 0.05) is 26.2 Å². The molecule has 29 heavy (non-hydrogen) atoms. The number of aromatic nitrogens is 2. The fourth-order valence-corrected chi connectivity index (χ4v) is 2.86. The Morgan fingerprint density at radius 2 is 1.66 bits per heavy atom. The van der Waals surface area contributed by atoms with E-state index in [1.54, 1.807) is 37.8 Å². The van der Waals surface area contributed by atoms with Crippen LogP contribution in [0.2, 0.25) is 0 Å². The molecular formula is C21H26N4O4. The van der Waals surface area contributed by atoms with Crippen molar-refractivity contribution in [3.8, 4) is 0 Å². The zero-order valence-electron chi connectivity index (χ0n) is 17.0. The van der Waals surface area contributed by atoms with Crippen molar-refractivity contribution in [2.75, 3.05) is 31.1 Å². The number of piperazine rings is 1. The number of hydrogen-bond acceptors (Lipinski definition) is 7. The Balaban J connectivity index is 1.48. The molecule has 8 nitrogen and oxygen atoms in total. The molecule has 0 atom stereocenters. The average molecular weight is 398 g/mol. The maximum Gasteiger partial charge on any atom is 0.410 e. The first-order valence-corrected chi connectivity index (χ1v) is 9.59. The first kappa shape index (κ1) is 20.6. The highest BCUT2D eigenvalue weighted by Crippen LogP contribution is 2.16. The van der Waals surface area contributed by atoms with Gasteiger partial charge in [0.05, 0.1) is 0 Å². The fraction of sp³-hybridized carbons (Fsp3) is 0.429. The zero-order chi connectivity index (χ0) is 20.9. The van der Waals surface area contributed by atoms with Crippen molar-refractivity contribution < 1.29 is 19.1 Å². The largest absolute Gasteiger partial charge is 0.455 e. The predicted molar refractivity (Wildman–Crippen MR) is 108 cm³/mol. The van der Waals surface area contributed by atoms with Crippen LogP contribution in [0.25, 0.3) is 0 Å². The second-order valence-corrected chi connectivity index (χ2v) is 7.79. The molecule has 1 saturated heterocycles. The maximum absolute atomic E-state index is 12.3. The molecule has 8 heteroatoms. The zero-order valence-corrected chi connectivity index (χ0v) is 17.0. The van der Waals surface area contributed by atoms with Crippen molar-refractivity contribution in [3.63, 3.8) is 0 Å². The van der Waals surface area contributed by atoms with Crippen molar-refractivity contribution in [1.82, 2.24) is 15.1 Å². The fourth-order valence-electron chi connectivity index (χ4n) is 2.86.